The minimum Gasteiger partial charge on any atom is -0.393 e. The summed E-state index contributed by atoms with van der Waals surface area (Å²) in [4.78, 5) is 0. The van der Waals surface area contributed by atoms with Crippen LogP contribution < -0.4 is 5.73 Å². The van der Waals surface area contributed by atoms with Crippen LogP contribution in [-0.2, 0) is 0 Å². The van der Waals surface area contributed by atoms with Crippen LogP contribution in [0.4, 0.5) is 0 Å². The average molecular weight is 199 g/mol. The van der Waals surface area contributed by atoms with Crippen LogP contribution in [0.3, 0.4) is 0 Å². The van der Waals surface area contributed by atoms with E-state index in [1.54, 1.807) is 0 Å². The van der Waals surface area contributed by atoms with Gasteiger partial charge in [0.1, 0.15) is 0 Å². The molecule has 1 unspecified atom stereocenters. The number of aliphatic hydroxyl groups excluding tert-OH is 1. The van der Waals surface area contributed by atoms with Crippen molar-refractivity contribution < 1.29 is 5.11 Å². The second kappa shape index (κ2) is 7.24. The molecule has 3 N–H and O–H groups in total. The zero-order valence-electron chi connectivity index (χ0n) is 9.25. The first-order valence-electron chi connectivity index (χ1n) is 6.22. The van der Waals surface area contributed by atoms with Crippen molar-refractivity contribution in [1.82, 2.24) is 0 Å². The third kappa shape index (κ3) is 5.61. The Morgan fingerprint density at radius 1 is 0.714 bits per heavy atom. The van der Waals surface area contributed by atoms with E-state index in [1.165, 1.54) is 38.5 Å². The Morgan fingerprint density at radius 3 is 1.79 bits per heavy atom. The molecule has 0 heterocycles. The van der Waals surface area contributed by atoms with Gasteiger partial charge < -0.3 is 10.8 Å². The molecule has 14 heavy (non-hydrogen) atoms. The lowest BCUT2D eigenvalue weighted by molar-refractivity contribution is 0.146. The standard InChI is InChI=1S/C12H25NO/c13-11-7-3-1-2-4-9-12(14)10-6-5-8-11/h11-12,14H,1-10,13H2/t11?,12-/m1/s1. The molecule has 0 amide bonds. The molecule has 0 saturated heterocycles. The highest BCUT2D eigenvalue weighted by Crippen LogP contribution is 2.16. The molecule has 1 saturated carbocycles. The first kappa shape index (κ1) is 12.0. The smallest absolute Gasteiger partial charge is 0.0540 e. The number of nitrogens with two attached hydrogens (primary N) is 1. The molecule has 0 spiro atoms. The molecule has 0 aliphatic heterocycles. The Balaban J connectivity index is 2.20. The number of hydrogen-bond donors (Lipinski definition) is 2. The predicted octanol–water partition coefficient (Wildman–Crippen LogP) is 2.59. The lowest BCUT2D eigenvalue weighted by Gasteiger charge is -2.15. The second-order valence-electron chi connectivity index (χ2n) is 4.69. The molecule has 2 heteroatoms. The van der Waals surface area contributed by atoms with Gasteiger partial charge in [0, 0.05) is 6.04 Å². The molecule has 0 aromatic heterocycles. The summed E-state index contributed by atoms with van der Waals surface area (Å²) in [5, 5.41) is 9.63. The van der Waals surface area contributed by atoms with Gasteiger partial charge >= 0.3 is 0 Å². The van der Waals surface area contributed by atoms with Crippen LogP contribution in [0.15, 0.2) is 0 Å². The van der Waals surface area contributed by atoms with Gasteiger partial charge in [0.05, 0.1) is 6.10 Å². The maximum Gasteiger partial charge on any atom is 0.0540 e. The van der Waals surface area contributed by atoms with E-state index in [2.05, 4.69) is 0 Å². The van der Waals surface area contributed by atoms with Gasteiger partial charge in [-0.3, -0.25) is 0 Å². The zero-order valence-corrected chi connectivity index (χ0v) is 9.25. The van der Waals surface area contributed by atoms with Crippen molar-refractivity contribution in [3.63, 3.8) is 0 Å². The van der Waals surface area contributed by atoms with E-state index >= 15 is 0 Å². The molecule has 0 bridgehead atoms. The highest BCUT2D eigenvalue weighted by atomic mass is 16.3. The Kier molecular flexibility index (Phi) is 6.20. The van der Waals surface area contributed by atoms with Crippen LogP contribution in [0, 0.1) is 0 Å². The number of hydrogen-bond acceptors (Lipinski definition) is 2. The second-order valence-corrected chi connectivity index (χ2v) is 4.69. The maximum absolute atomic E-state index is 9.63. The van der Waals surface area contributed by atoms with Gasteiger partial charge in [0.2, 0.25) is 0 Å². The van der Waals surface area contributed by atoms with Crippen molar-refractivity contribution >= 4 is 0 Å². The van der Waals surface area contributed by atoms with Gasteiger partial charge in [-0.1, -0.05) is 38.5 Å². The van der Waals surface area contributed by atoms with E-state index in [4.69, 9.17) is 5.73 Å². The van der Waals surface area contributed by atoms with Crippen LogP contribution >= 0.6 is 0 Å². The van der Waals surface area contributed by atoms with E-state index in [0.29, 0.717) is 6.04 Å². The Labute approximate surface area is 87.9 Å². The SMILES string of the molecule is NC1CCCCCC[C@@H](O)CCCC1. The predicted molar refractivity (Wildman–Crippen MR) is 60.2 cm³/mol. The highest BCUT2D eigenvalue weighted by molar-refractivity contribution is 4.65. The van der Waals surface area contributed by atoms with Crippen molar-refractivity contribution in [2.75, 3.05) is 0 Å². The van der Waals surface area contributed by atoms with Crippen molar-refractivity contribution in [3.05, 3.63) is 0 Å². The fourth-order valence-electron chi connectivity index (χ4n) is 2.22. The van der Waals surface area contributed by atoms with E-state index < -0.39 is 0 Å². The quantitative estimate of drug-likeness (QED) is 0.630. The number of aliphatic hydroxyl groups is 1. The summed E-state index contributed by atoms with van der Waals surface area (Å²) >= 11 is 0. The van der Waals surface area contributed by atoms with Crippen LogP contribution in [-0.4, -0.2) is 17.3 Å². The Bertz CT molecular complexity index is 122. The van der Waals surface area contributed by atoms with E-state index in [9.17, 15) is 5.11 Å². The molecule has 1 aliphatic carbocycles. The van der Waals surface area contributed by atoms with Crippen molar-refractivity contribution in [2.24, 2.45) is 5.73 Å². The molecule has 1 rings (SSSR count). The van der Waals surface area contributed by atoms with Crippen LogP contribution in [0.2, 0.25) is 0 Å². The fourth-order valence-corrected chi connectivity index (χ4v) is 2.22. The summed E-state index contributed by atoms with van der Waals surface area (Å²) in [5.74, 6) is 0. The summed E-state index contributed by atoms with van der Waals surface area (Å²) < 4.78 is 0. The summed E-state index contributed by atoms with van der Waals surface area (Å²) in [6.45, 7) is 0. The molecule has 0 aromatic carbocycles. The molecular weight excluding hydrogens is 174 g/mol. The van der Waals surface area contributed by atoms with Gasteiger partial charge in [0.25, 0.3) is 0 Å². The molecule has 1 fully saturated rings. The van der Waals surface area contributed by atoms with E-state index in [-0.39, 0.29) is 6.10 Å². The molecule has 84 valence electrons. The largest absolute Gasteiger partial charge is 0.393 e. The summed E-state index contributed by atoms with van der Waals surface area (Å²) in [5.41, 5.74) is 5.99. The van der Waals surface area contributed by atoms with Gasteiger partial charge in [-0.25, -0.2) is 0 Å². The third-order valence-electron chi connectivity index (χ3n) is 3.22. The summed E-state index contributed by atoms with van der Waals surface area (Å²) in [6, 6.07) is 0.409. The van der Waals surface area contributed by atoms with Crippen molar-refractivity contribution in [1.29, 1.82) is 0 Å². The highest BCUT2D eigenvalue weighted by Gasteiger charge is 2.07. The third-order valence-corrected chi connectivity index (χ3v) is 3.22. The molecule has 0 radical (unpaired) electrons. The normalized spacial score (nSPS) is 33.0. The lowest BCUT2D eigenvalue weighted by atomic mass is 9.97. The molecule has 1 aliphatic rings. The number of rotatable bonds is 0. The van der Waals surface area contributed by atoms with Crippen molar-refractivity contribution in [2.45, 2.75) is 76.4 Å². The van der Waals surface area contributed by atoms with Crippen LogP contribution in [0.5, 0.6) is 0 Å². The molecule has 2 nitrogen and oxygen atoms in total. The maximum atomic E-state index is 9.63. The summed E-state index contributed by atoms with van der Waals surface area (Å²) in [6.07, 6.45) is 11.6. The summed E-state index contributed by atoms with van der Waals surface area (Å²) in [7, 11) is 0. The molecule has 0 aromatic rings. The topological polar surface area (TPSA) is 46.2 Å². The zero-order chi connectivity index (χ0) is 10.2. The Hall–Kier alpha value is -0.0800. The Morgan fingerprint density at radius 2 is 1.14 bits per heavy atom. The molecular formula is C12H25NO. The average Bonchev–Trinajstić information content (AvgIpc) is 2.16. The monoisotopic (exact) mass is 199 g/mol. The van der Waals surface area contributed by atoms with Gasteiger partial charge in [-0.15, -0.1) is 0 Å². The van der Waals surface area contributed by atoms with Crippen molar-refractivity contribution in [3.8, 4) is 0 Å². The first-order valence-corrected chi connectivity index (χ1v) is 6.22. The minimum atomic E-state index is -0.0503. The fraction of sp³-hybridized carbons (Fsp3) is 1.00. The van der Waals surface area contributed by atoms with Crippen LogP contribution in [0.25, 0.3) is 0 Å². The van der Waals surface area contributed by atoms with Gasteiger partial charge in [0.15, 0.2) is 0 Å². The lowest BCUT2D eigenvalue weighted by Crippen LogP contribution is -2.20. The van der Waals surface area contributed by atoms with Gasteiger partial charge in [-0.2, -0.15) is 0 Å². The van der Waals surface area contributed by atoms with Gasteiger partial charge in [-0.05, 0) is 25.7 Å². The first-order chi connectivity index (χ1) is 6.79. The van der Waals surface area contributed by atoms with E-state index in [1.807, 2.05) is 0 Å². The molecule has 2 atom stereocenters. The van der Waals surface area contributed by atoms with Crippen LogP contribution in [0.1, 0.15) is 64.2 Å². The van der Waals surface area contributed by atoms with E-state index in [0.717, 1.165) is 25.7 Å². The minimum absolute atomic E-state index is 0.0503.